The van der Waals surface area contributed by atoms with Crippen molar-refractivity contribution in [1.29, 1.82) is 0 Å². The van der Waals surface area contributed by atoms with Gasteiger partial charge in [-0.15, -0.1) is 0 Å². The number of allylic oxidation sites excluding steroid dienone is 1. The molecule has 384 valence electrons. The Labute approximate surface area is 444 Å². The zero-order valence-electron chi connectivity index (χ0n) is 47.9. The lowest BCUT2D eigenvalue weighted by Gasteiger charge is -2.34. The maximum atomic E-state index is 7.27. The molecule has 5 nitrogen and oxygen atoms in total. The van der Waals surface area contributed by atoms with Crippen LogP contribution in [0.15, 0.2) is 152 Å². The van der Waals surface area contributed by atoms with Gasteiger partial charge in [-0.2, -0.15) is 0 Å². The molecular weight excluding hydrogens is 901 g/mol. The molecule has 0 fully saturated rings. The molecule has 5 heteroatoms. The quantitative estimate of drug-likeness (QED) is 0.137. The van der Waals surface area contributed by atoms with E-state index in [4.69, 9.17) is 9.72 Å². The van der Waals surface area contributed by atoms with Crippen molar-refractivity contribution < 1.29 is 4.74 Å². The summed E-state index contributed by atoms with van der Waals surface area (Å²) in [5.41, 5.74) is 17.0. The average molecular weight is 983 g/mol. The van der Waals surface area contributed by atoms with E-state index >= 15 is 0 Å². The second kappa shape index (κ2) is 19.0. The maximum absolute atomic E-state index is 7.27. The van der Waals surface area contributed by atoms with E-state index in [1.807, 2.05) is 6.20 Å². The van der Waals surface area contributed by atoms with Crippen LogP contribution in [0.3, 0.4) is 0 Å². The van der Waals surface area contributed by atoms with Gasteiger partial charge in [0.05, 0.1) is 17.7 Å². The maximum Gasteiger partial charge on any atom is 0.137 e. The minimum absolute atomic E-state index is 0.00783. The van der Waals surface area contributed by atoms with Crippen molar-refractivity contribution in [2.24, 2.45) is 5.41 Å². The van der Waals surface area contributed by atoms with E-state index in [1.54, 1.807) is 0 Å². The highest BCUT2D eigenvalue weighted by Gasteiger charge is 2.34. The first-order chi connectivity index (χ1) is 34.6. The molecule has 0 aliphatic carbocycles. The standard InChI is InChI=1S/C69H82N4O/c1-44(2)56-25-22-26-57(45(3)4)64(56)46-33-52(71-42-62(68(14,15)16)72(43-71)53-36-50(66(8,9)10)35-51(37-53)67(11,12)13)40-55(34-46)74-54-28-29-58-59-38-49(69(17,18)47-23-20-19-21-24-47)27-30-60(59)73(61(58)41-54)63-39-48(31-32-70-63)65(5,6)7/h19-42,44-45H,43H2,1-18H3. The molecular formula is C69H82N4O. The lowest BCUT2D eigenvalue weighted by atomic mass is 9.78. The van der Waals surface area contributed by atoms with Gasteiger partial charge >= 0.3 is 0 Å². The largest absolute Gasteiger partial charge is 0.457 e. The number of hydrogen-bond acceptors (Lipinski definition) is 4. The monoisotopic (exact) mass is 983 g/mol. The van der Waals surface area contributed by atoms with Gasteiger partial charge in [-0.1, -0.05) is 185 Å². The molecule has 9 rings (SSSR count). The van der Waals surface area contributed by atoms with Crippen molar-refractivity contribution in [2.75, 3.05) is 16.5 Å². The smallest absolute Gasteiger partial charge is 0.137 e. The lowest BCUT2D eigenvalue weighted by molar-refractivity contribution is 0.483. The molecule has 0 spiro atoms. The molecule has 6 aromatic carbocycles. The Bertz CT molecular complexity index is 3350. The number of ether oxygens (including phenoxy) is 1. The van der Waals surface area contributed by atoms with E-state index in [0.717, 1.165) is 45.0 Å². The first-order valence-corrected chi connectivity index (χ1v) is 27.1. The number of anilines is 2. The SMILES string of the molecule is CC(C)c1cccc(C(C)C)c1-c1cc(Oc2ccc3c4cc(C(C)(C)c5ccccc5)ccc4n(-c4cc(C(C)(C)C)ccn4)c3c2)cc(N2C=C(C(C)(C)C)N(c3cc(C(C)(C)C)cc(C(C)(C)C)c3)C2)c1. The van der Waals surface area contributed by atoms with Gasteiger partial charge in [-0.3, -0.25) is 4.57 Å². The van der Waals surface area contributed by atoms with Gasteiger partial charge in [0, 0.05) is 63.2 Å². The summed E-state index contributed by atoms with van der Waals surface area (Å²) < 4.78 is 9.60. The van der Waals surface area contributed by atoms with E-state index in [-0.39, 0.29) is 27.1 Å². The lowest BCUT2D eigenvalue weighted by Crippen LogP contribution is -2.31. The summed E-state index contributed by atoms with van der Waals surface area (Å²) in [6.45, 7) is 42.3. The molecule has 0 N–H and O–H groups in total. The zero-order chi connectivity index (χ0) is 53.4. The molecule has 0 saturated heterocycles. The fourth-order valence-corrected chi connectivity index (χ4v) is 10.8. The third-order valence-electron chi connectivity index (χ3n) is 15.5. The van der Waals surface area contributed by atoms with E-state index in [1.165, 1.54) is 61.3 Å². The minimum Gasteiger partial charge on any atom is -0.457 e. The molecule has 74 heavy (non-hydrogen) atoms. The van der Waals surface area contributed by atoms with Gasteiger partial charge in [-0.25, -0.2) is 4.98 Å². The molecule has 3 heterocycles. The fourth-order valence-electron chi connectivity index (χ4n) is 10.8. The molecule has 8 aromatic rings. The van der Waals surface area contributed by atoms with Gasteiger partial charge in [-0.05, 0) is 139 Å². The number of aromatic nitrogens is 2. The summed E-state index contributed by atoms with van der Waals surface area (Å²) in [5.74, 6) is 3.11. The molecule has 2 aromatic heterocycles. The number of rotatable bonds is 10. The van der Waals surface area contributed by atoms with E-state index in [2.05, 4.69) is 279 Å². The van der Waals surface area contributed by atoms with E-state index in [0.29, 0.717) is 18.5 Å². The highest BCUT2D eigenvalue weighted by molar-refractivity contribution is 6.10. The van der Waals surface area contributed by atoms with Crippen molar-refractivity contribution in [3.63, 3.8) is 0 Å². The van der Waals surface area contributed by atoms with Gasteiger partial charge in [0.25, 0.3) is 0 Å². The van der Waals surface area contributed by atoms with Gasteiger partial charge in [0.2, 0.25) is 0 Å². The topological polar surface area (TPSA) is 33.5 Å². The second-order valence-electron chi connectivity index (χ2n) is 26.4. The summed E-state index contributed by atoms with van der Waals surface area (Å²) in [7, 11) is 0. The van der Waals surface area contributed by atoms with Crippen molar-refractivity contribution in [3.8, 4) is 28.4 Å². The Morgan fingerprint density at radius 1 is 0.473 bits per heavy atom. The number of nitrogens with zero attached hydrogens (tertiary/aromatic N) is 4. The van der Waals surface area contributed by atoms with Crippen LogP contribution in [0.25, 0.3) is 38.8 Å². The Morgan fingerprint density at radius 2 is 1.11 bits per heavy atom. The van der Waals surface area contributed by atoms with Crippen molar-refractivity contribution >= 4 is 33.2 Å². The first kappa shape index (κ1) is 52.3. The molecule has 1 aliphatic heterocycles. The molecule has 0 amide bonds. The van der Waals surface area contributed by atoms with Gasteiger partial charge in [0.1, 0.15) is 17.3 Å². The fraction of sp³-hybridized carbons (Fsp3) is 0.377. The molecule has 0 atom stereocenters. The van der Waals surface area contributed by atoms with Crippen LogP contribution in [-0.4, -0.2) is 16.2 Å². The van der Waals surface area contributed by atoms with Crippen LogP contribution >= 0.6 is 0 Å². The van der Waals surface area contributed by atoms with E-state index in [9.17, 15) is 0 Å². The average Bonchev–Trinajstić information content (AvgIpc) is 3.94. The van der Waals surface area contributed by atoms with Crippen molar-refractivity contribution in [2.45, 2.75) is 158 Å². The predicted octanol–water partition coefficient (Wildman–Crippen LogP) is 19.3. The minimum atomic E-state index is -0.204. The van der Waals surface area contributed by atoms with Crippen LogP contribution in [0.1, 0.15) is 175 Å². The summed E-state index contributed by atoms with van der Waals surface area (Å²) in [5, 5.41) is 2.35. The zero-order valence-corrected chi connectivity index (χ0v) is 47.9. The third kappa shape index (κ3) is 10.2. The van der Waals surface area contributed by atoms with Crippen LogP contribution < -0.4 is 14.5 Å². The third-order valence-corrected chi connectivity index (χ3v) is 15.5. The van der Waals surface area contributed by atoms with Crippen molar-refractivity contribution in [3.05, 3.63) is 190 Å². The number of pyridine rings is 1. The second-order valence-corrected chi connectivity index (χ2v) is 26.4. The van der Waals surface area contributed by atoms with Crippen LogP contribution in [0.5, 0.6) is 11.5 Å². The molecule has 0 saturated carbocycles. The summed E-state index contributed by atoms with van der Waals surface area (Å²) in [6.07, 6.45) is 4.34. The molecule has 1 aliphatic rings. The number of hydrogen-bond donors (Lipinski definition) is 0. The molecule has 0 radical (unpaired) electrons. The normalized spacial score (nSPS) is 14.0. The Morgan fingerprint density at radius 3 is 1.70 bits per heavy atom. The Kier molecular flexibility index (Phi) is 13.4. The highest BCUT2D eigenvalue weighted by Crippen LogP contribution is 2.46. The van der Waals surface area contributed by atoms with Gasteiger partial charge in [0.15, 0.2) is 0 Å². The van der Waals surface area contributed by atoms with E-state index < -0.39 is 0 Å². The summed E-state index contributed by atoms with van der Waals surface area (Å²) in [6, 6.07) is 49.9. The Balaban J connectivity index is 1.23. The van der Waals surface area contributed by atoms with Crippen LogP contribution in [0, 0.1) is 5.41 Å². The highest BCUT2D eigenvalue weighted by atomic mass is 16.5. The van der Waals surface area contributed by atoms with Crippen molar-refractivity contribution in [1.82, 2.24) is 9.55 Å². The van der Waals surface area contributed by atoms with Crippen LogP contribution in [0.2, 0.25) is 0 Å². The Hall–Kier alpha value is -6.59. The molecule has 0 unspecified atom stereocenters. The number of fused-ring (bicyclic) bond motifs is 3. The summed E-state index contributed by atoms with van der Waals surface area (Å²) >= 11 is 0. The predicted molar refractivity (Wildman–Crippen MR) is 317 cm³/mol. The molecule has 0 bridgehead atoms. The summed E-state index contributed by atoms with van der Waals surface area (Å²) in [4.78, 5) is 10.0. The van der Waals surface area contributed by atoms with Gasteiger partial charge < -0.3 is 14.5 Å². The van der Waals surface area contributed by atoms with Crippen LogP contribution in [0.4, 0.5) is 11.4 Å². The first-order valence-electron chi connectivity index (χ1n) is 27.1. The number of benzene rings is 6. The van der Waals surface area contributed by atoms with Crippen LogP contribution in [-0.2, 0) is 21.7 Å².